The highest BCUT2D eigenvalue weighted by molar-refractivity contribution is 6.33. The summed E-state index contributed by atoms with van der Waals surface area (Å²) in [7, 11) is 0. The van der Waals surface area contributed by atoms with Crippen LogP contribution in [0.1, 0.15) is 33.6 Å². The lowest BCUT2D eigenvalue weighted by Crippen LogP contribution is -2.22. The number of non-ortho nitro benzene ring substituents is 1. The monoisotopic (exact) mass is 605 g/mol. The molecule has 1 N–H and O–H groups in total. The van der Waals surface area contributed by atoms with E-state index in [1.54, 1.807) is 6.07 Å². The molecule has 0 bridgehead atoms. The van der Waals surface area contributed by atoms with Gasteiger partial charge in [-0.05, 0) is 72.0 Å². The number of hydrogen-bond acceptors (Lipinski definition) is 7. The fraction of sp³-hybridized carbons (Fsp3) is 0.0882. The van der Waals surface area contributed by atoms with E-state index in [1.807, 2.05) is 78.9 Å². The Balaban J connectivity index is 1.25. The Morgan fingerprint density at radius 2 is 1.70 bits per heavy atom. The van der Waals surface area contributed by atoms with Crippen molar-refractivity contribution in [2.75, 3.05) is 11.9 Å². The Morgan fingerprint density at radius 1 is 0.932 bits per heavy atom. The average Bonchev–Trinajstić information content (AvgIpc) is 3.42. The molecule has 6 rings (SSSR count). The highest BCUT2D eigenvalue weighted by Crippen LogP contribution is 2.38. The molecule has 0 atom stereocenters. The zero-order valence-electron chi connectivity index (χ0n) is 23.2. The molecule has 44 heavy (non-hydrogen) atoms. The standard InChI is InChI=1S/C34H24ClN3O6/c35-28-16-14-23(38(41)42)19-30(28)36-31(39)20-43-34(40)32-26-11-4-5-12-29(26)37-33-22(13-15-27(32)33)17-21-7-6-10-25(18-21)44-24-8-2-1-3-9-24/h1-12,14,16-19H,13,15,20H2,(H,36,39)/b22-17+. The number of nitro benzene ring substituents is 1. The first-order valence-electron chi connectivity index (χ1n) is 13.7. The lowest BCUT2D eigenvalue weighted by Gasteiger charge is -2.13. The quantitative estimate of drug-likeness (QED) is 0.108. The van der Waals surface area contributed by atoms with E-state index in [0.717, 1.165) is 28.5 Å². The molecule has 0 unspecified atom stereocenters. The van der Waals surface area contributed by atoms with Crippen LogP contribution < -0.4 is 10.1 Å². The Labute approximate surface area is 256 Å². The summed E-state index contributed by atoms with van der Waals surface area (Å²) in [6, 6.07) is 28.2. The topological polar surface area (TPSA) is 121 Å². The largest absolute Gasteiger partial charge is 0.457 e. The van der Waals surface area contributed by atoms with Gasteiger partial charge >= 0.3 is 5.97 Å². The lowest BCUT2D eigenvalue weighted by atomic mass is 10.0. The Hall–Kier alpha value is -5.54. The van der Waals surface area contributed by atoms with E-state index in [2.05, 4.69) is 5.32 Å². The molecule has 0 saturated heterocycles. The zero-order chi connectivity index (χ0) is 30.6. The summed E-state index contributed by atoms with van der Waals surface area (Å²) >= 11 is 6.09. The number of para-hydroxylation sites is 2. The number of amides is 1. The number of esters is 1. The van der Waals surface area contributed by atoms with Crippen LogP contribution in [0.25, 0.3) is 22.6 Å². The maximum absolute atomic E-state index is 13.5. The normalized spacial score (nSPS) is 13.0. The molecule has 0 saturated carbocycles. The molecule has 218 valence electrons. The van der Waals surface area contributed by atoms with Crippen LogP contribution in [0.2, 0.25) is 5.02 Å². The van der Waals surface area contributed by atoms with Crippen molar-refractivity contribution in [3.63, 3.8) is 0 Å². The van der Waals surface area contributed by atoms with Crippen molar-refractivity contribution in [2.45, 2.75) is 12.8 Å². The minimum Gasteiger partial charge on any atom is -0.457 e. The van der Waals surface area contributed by atoms with E-state index in [9.17, 15) is 19.7 Å². The van der Waals surface area contributed by atoms with Crippen LogP contribution >= 0.6 is 11.6 Å². The molecule has 9 nitrogen and oxygen atoms in total. The smallest absolute Gasteiger partial charge is 0.339 e. The van der Waals surface area contributed by atoms with Gasteiger partial charge in [0.25, 0.3) is 11.6 Å². The highest BCUT2D eigenvalue weighted by Gasteiger charge is 2.28. The van der Waals surface area contributed by atoms with Crippen molar-refractivity contribution in [1.82, 2.24) is 4.98 Å². The second-order valence-corrected chi connectivity index (χ2v) is 10.4. The zero-order valence-corrected chi connectivity index (χ0v) is 23.9. The highest BCUT2D eigenvalue weighted by atomic mass is 35.5. The number of allylic oxidation sites excluding steroid dienone is 1. The first-order chi connectivity index (χ1) is 21.4. The van der Waals surface area contributed by atoms with Gasteiger partial charge in [-0.1, -0.05) is 60.1 Å². The molecule has 1 aliphatic carbocycles. The number of hydrogen-bond donors (Lipinski definition) is 1. The van der Waals surface area contributed by atoms with E-state index in [0.29, 0.717) is 40.8 Å². The van der Waals surface area contributed by atoms with Crippen LogP contribution in [0.5, 0.6) is 11.5 Å². The van der Waals surface area contributed by atoms with Gasteiger partial charge in [0.15, 0.2) is 6.61 Å². The molecule has 1 aromatic heterocycles. The fourth-order valence-corrected chi connectivity index (χ4v) is 5.28. The van der Waals surface area contributed by atoms with Gasteiger partial charge in [0.05, 0.1) is 32.4 Å². The van der Waals surface area contributed by atoms with Crippen molar-refractivity contribution in [3.8, 4) is 11.5 Å². The molecule has 1 aliphatic rings. The van der Waals surface area contributed by atoms with E-state index in [4.69, 9.17) is 26.1 Å². The van der Waals surface area contributed by atoms with E-state index in [-0.39, 0.29) is 16.4 Å². The fourth-order valence-electron chi connectivity index (χ4n) is 5.12. The summed E-state index contributed by atoms with van der Waals surface area (Å²) in [5.41, 5.74) is 4.14. The van der Waals surface area contributed by atoms with Gasteiger partial charge in [-0.15, -0.1) is 0 Å². The first kappa shape index (κ1) is 28.6. The molecular formula is C34H24ClN3O6. The number of aromatic nitrogens is 1. The molecule has 0 fully saturated rings. The summed E-state index contributed by atoms with van der Waals surface area (Å²) in [6.45, 7) is -0.611. The molecule has 0 radical (unpaired) electrons. The van der Waals surface area contributed by atoms with Crippen LogP contribution in [0.4, 0.5) is 11.4 Å². The number of carbonyl (C=O) groups is 2. The molecule has 4 aromatic carbocycles. The number of pyridine rings is 1. The number of ether oxygens (including phenoxy) is 2. The summed E-state index contributed by atoms with van der Waals surface area (Å²) in [6.07, 6.45) is 3.27. The Kier molecular flexibility index (Phi) is 8.03. The number of anilines is 1. The van der Waals surface area contributed by atoms with Gasteiger partial charge < -0.3 is 14.8 Å². The van der Waals surface area contributed by atoms with Gasteiger partial charge in [-0.3, -0.25) is 14.9 Å². The third kappa shape index (κ3) is 6.13. The van der Waals surface area contributed by atoms with E-state index >= 15 is 0 Å². The third-order valence-electron chi connectivity index (χ3n) is 7.09. The van der Waals surface area contributed by atoms with Crippen LogP contribution in [0.15, 0.2) is 97.1 Å². The Bertz CT molecular complexity index is 1960. The molecule has 1 heterocycles. The van der Waals surface area contributed by atoms with Gasteiger partial charge in [0.2, 0.25) is 0 Å². The predicted octanol–water partition coefficient (Wildman–Crippen LogP) is 7.87. The number of nitrogens with one attached hydrogen (secondary N) is 1. The SMILES string of the molecule is O=C(COC(=O)c1c2c(nc3ccccc13)/C(=C/c1cccc(Oc3ccccc3)c1)CC2)Nc1cc([N+](=O)[O-])ccc1Cl. The molecule has 0 aliphatic heterocycles. The van der Waals surface area contributed by atoms with Crippen molar-refractivity contribution < 1.29 is 24.0 Å². The third-order valence-corrected chi connectivity index (χ3v) is 7.42. The maximum atomic E-state index is 13.5. The van der Waals surface area contributed by atoms with Gasteiger partial charge in [-0.25, -0.2) is 9.78 Å². The number of nitro groups is 1. The predicted molar refractivity (Wildman–Crippen MR) is 168 cm³/mol. The number of benzene rings is 4. The molecule has 5 aromatic rings. The molecule has 10 heteroatoms. The number of carbonyl (C=O) groups excluding carboxylic acids is 2. The average molecular weight is 606 g/mol. The van der Waals surface area contributed by atoms with Crippen molar-refractivity contribution >= 4 is 57.4 Å². The number of rotatable bonds is 8. The van der Waals surface area contributed by atoms with Crippen molar-refractivity contribution in [1.29, 1.82) is 0 Å². The maximum Gasteiger partial charge on any atom is 0.339 e. The minimum absolute atomic E-state index is 0.0465. The summed E-state index contributed by atoms with van der Waals surface area (Å²) in [5, 5.41) is 14.3. The lowest BCUT2D eigenvalue weighted by molar-refractivity contribution is -0.384. The van der Waals surface area contributed by atoms with Gasteiger partial charge in [0.1, 0.15) is 11.5 Å². The van der Waals surface area contributed by atoms with Crippen LogP contribution in [-0.4, -0.2) is 28.4 Å². The van der Waals surface area contributed by atoms with E-state index < -0.39 is 23.4 Å². The van der Waals surface area contributed by atoms with Gasteiger partial charge in [0, 0.05) is 17.5 Å². The number of halogens is 1. The second-order valence-electron chi connectivity index (χ2n) is 10.0. The number of fused-ring (bicyclic) bond motifs is 2. The number of nitrogens with zero attached hydrogens (tertiary/aromatic N) is 2. The molecule has 1 amide bonds. The van der Waals surface area contributed by atoms with Crippen LogP contribution in [-0.2, 0) is 16.0 Å². The summed E-state index contributed by atoms with van der Waals surface area (Å²) in [4.78, 5) is 41.5. The minimum atomic E-state index is -0.686. The Morgan fingerprint density at radius 3 is 2.52 bits per heavy atom. The first-order valence-corrected chi connectivity index (χ1v) is 14.1. The second kappa shape index (κ2) is 12.4. The van der Waals surface area contributed by atoms with Crippen LogP contribution in [0.3, 0.4) is 0 Å². The van der Waals surface area contributed by atoms with E-state index in [1.165, 1.54) is 12.1 Å². The summed E-state index contributed by atoms with van der Waals surface area (Å²) < 4.78 is 11.4. The molecule has 0 spiro atoms. The molecular weight excluding hydrogens is 582 g/mol. The van der Waals surface area contributed by atoms with Crippen molar-refractivity contribution in [2.24, 2.45) is 0 Å². The van der Waals surface area contributed by atoms with Crippen LogP contribution in [0, 0.1) is 10.1 Å². The van der Waals surface area contributed by atoms with Gasteiger partial charge in [-0.2, -0.15) is 0 Å². The van der Waals surface area contributed by atoms with Crippen molar-refractivity contribution in [3.05, 3.63) is 135 Å². The summed E-state index contributed by atoms with van der Waals surface area (Å²) in [5.74, 6) is 0.0828.